The van der Waals surface area contributed by atoms with Gasteiger partial charge in [-0.05, 0) is 37.6 Å². The van der Waals surface area contributed by atoms with Gasteiger partial charge in [0.25, 0.3) is 0 Å². The summed E-state index contributed by atoms with van der Waals surface area (Å²) >= 11 is 0. The number of aliphatic hydroxyl groups is 1. The third-order valence-corrected chi connectivity index (χ3v) is 6.00. The standard InChI is InChI=1S/C18H28NO5P/c1-3-4-9-18(22,25-23)16-11-19(2)15(12-24-16)10-13-5-7-14(8-6-13)17(20)21/h5-8,15-16,22H,3-4,9-12,25H2,1-2H3,(H,20,21)/t15-,16-,18?/m1/s1. The molecule has 0 aliphatic carbocycles. The van der Waals surface area contributed by atoms with Gasteiger partial charge in [-0.3, -0.25) is 4.90 Å². The molecule has 1 aliphatic heterocycles. The Morgan fingerprint density at radius 1 is 1.40 bits per heavy atom. The maximum atomic E-state index is 11.6. The lowest BCUT2D eigenvalue weighted by molar-refractivity contribution is -0.122. The monoisotopic (exact) mass is 369 g/mol. The number of unbranched alkanes of at least 4 members (excludes halogenated alkanes) is 1. The number of aromatic carboxylic acids is 1. The molecule has 0 radical (unpaired) electrons. The van der Waals surface area contributed by atoms with E-state index < -0.39 is 25.9 Å². The van der Waals surface area contributed by atoms with E-state index in [-0.39, 0.29) is 11.6 Å². The van der Waals surface area contributed by atoms with Crippen molar-refractivity contribution in [2.45, 2.75) is 50.1 Å². The lowest BCUT2D eigenvalue weighted by Crippen LogP contribution is -2.55. The van der Waals surface area contributed by atoms with Gasteiger partial charge in [-0.2, -0.15) is 0 Å². The molecule has 2 unspecified atom stereocenters. The lowest BCUT2D eigenvalue weighted by atomic mass is 9.99. The SMILES string of the molecule is CCCCC(O)([PH2]=O)[C@H]1CN(C)[C@H](Cc2ccc(C(=O)O)cc2)CO1. The normalized spacial score (nSPS) is 24.4. The largest absolute Gasteiger partial charge is 0.478 e. The van der Waals surface area contributed by atoms with Crippen LogP contribution in [0.4, 0.5) is 0 Å². The van der Waals surface area contributed by atoms with E-state index in [0.29, 0.717) is 19.6 Å². The fraction of sp³-hybridized carbons (Fsp3) is 0.611. The van der Waals surface area contributed by atoms with Gasteiger partial charge in [-0.1, -0.05) is 31.9 Å². The van der Waals surface area contributed by atoms with E-state index in [0.717, 1.165) is 24.8 Å². The van der Waals surface area contributed by atoms with Crippen LogP contribution in [0.3, 0.4) is 0 Å². The summed E-state index contributed by atoms with van der Waals surface area (Å²) in [5.74, 6) is -0.931. The van der Waals surface area contributed by atoms with Crippen LogP contribution in [0, 0.1) is 0 Å². The molecule has 2 rings (SSSR count). The number of nitrogens with zero attached hydrogens (tertiary/aromatic N) is 1. The number of likely N-dealkylation sites (N-methyl/N-ethyl adjacent to an activating group) is 1. The van der Waals surface area contributed by atoms with Crippen LogP contribution >= 0.6 is 8.46 Å². The van der Waals surface area contributed by atoms with Gasteiger partial charge < -0.3 is 19.5 Å². The van der Waals surface area contributed by atoms with E-state index in [9.17, 15) is 14.5 Å². The molecule has 1 fully saturated rings. The number of ether oxygens (including phenoxy) is 1. The van der Waals surface area contributed by atoms with Gasteiger partial charge in [0.15, 0.2) is 0 Å². The molecule has 4 atom stereocenters. The highest BCUT2D eigenvalue weighted by atomic mass is 31.1. The summed E-state index contributed by atoms with van der Waals surface area (Å²) in [6, 6.07) is 7.00. The Kier molecular flexibility index (Phi) is 7.20. The van der Waals surface area contributed by atoms with Gasteiger partial charge in [-0.15, -0.1) is 0 Å². The first-order valence-electron chi connectivity index (χ1n) is 8.72. The zero-order valence-corrected chi connectivity index (χ0v) is 16.0. The van der Waals surface area contributed by atoms with Crippen LogP contribution in [0.5, 0.6) is 0 Å². The van der Waals surface area contributed by atoms with E-state index >= 15 is 0 Å². The first-order chi connectivity index (χ1) is 11.9. The number of carboxylic acid groups (broad SMARTS) is 1. The third-order valence-electron chi connectivity index (χ3n) is 4.93. The predicted molar refractivity (Wildman–Crippen MR) is 98.1 cm³/mol. The Balaban J connectivity index is 1.96. The first kappa shape index (κ1) is 20.1. The number of hydrogen-bond acceptors (Lipinski definition) is 5. The zero-order valence-electron chi connectivity index (χ0n) is 14.9. The minimum atomic E-state index is -1.33. The van der Waals surface area contributed by atoms with E-state index in [1.807, 2.05) is 26.1 Å². The minimum absolute atomic E-state index is 0.143. The molecule has 0 saturated carbocycles. The molecule has 0 amide bonds. The molecule has 0 bridgehead atoms. The summed E-state index contributed by atoms with van der Waals surface area (Å²) in [7, 11) is 0.652. The van der Waals surface area contributed by atoms with Crippen LogP contribution in [0.2, 0.25) is 0 Å². The van der Waals surface area contributed by atoms with Crippen molar-refractivity contribution in [2.24, 2.45) is 0 Å². The van der Waals surface area contributed by atoms with Gasteiger partial charge in [0.05, 0.1) is 20.6 Å². The molecule has 1 aliphatic rings. The number of hydrogen-bond donors (Lipinski definition) is 2. The van der Waals surface area contributed by atoms with Crippen LogP contribution < -0.4 is 0 Å². The van der Waals surface area contributed by atoms with Crippen LogP contribution in [0.25, 0.3) is 0 Å². The molecular weight excluding hydrogens is 341 g/mol. The van der Waals surface area contributed by atoms with Crippen LogP contribution in [0.15, 0.2) is 24.3 Å². The molecule has 1 saturated heterocycles. The number of carboxylic acids is 1. The van der Waals surface area contributed by atoms with Crippen molar-refractivity contribution >= 4 is 14.4 Å². The highest BCUT2D eigenvalue weighted by molar-refractivity contribution is 7.25. The average molecular weight is 369 g/mol. The van der Waals surface area contributed by atoms with Crippen molar-refractivity contribution in [2.75, 3.05) is 20.2 Å². The minimum Gasteiger partial charge on any atom is -0.478 e. The summed E-state index contributed by atoms with van der Waals surface area (Å²) in [5.41, 5.74) is 1.32. The fourth-order valence-electron chi connectivity index (χ4n) is 3.15. The second-order valence-corrected chi connectivity index (χ2v) is 8.07. The molecule has 1 aromatic rings. The summed E-state index contributed by atoms with van der Waals surface area (Å²) in [5, 5.41) is 18.4. The zero-order chi connectivity index (χ0) is 18.4. The molecule has 25 heavy (non-hydrogen) atoms. The first-order valence-corrected chi connectivity index (χ1v) is 9.77. The highest BCUT2D eigenvalue weighted by Gasteiger charge is 2.40. The molecule has 0 spiro atoms. The molecule has 6 nitrogen and oxygen atoms in total. The Labute approximate surface area is 150 Å². The lowest BCUT2D eigenvalue weighted by Gasteiger charge is -2.42. The summed E-state index contributed by atoms with van der Waals surface area (Å²) in [4.78, 5) is 13.0. The van der Waals surface area contributed by atoms with Crippen molar-refractivity contribution in [1.29, 1.82) is 0 Å². The second kappa shape index (κ2) is 8.95. The Morgan fingerprint density at radius 3 is 2.60 bits per heavy atom. The van der Waals surface area contributed by atoms with Gasteiger partial charge in [-0.25, -0.2) is 4.79 Å². The van der Waals surface area contributed by atoms with E-state index in [1.54, 1.807) is 12.1 Å². The predicted octanol–water partition coefficient (Wildman–Crippen LogP) is 2.26. The number of carbonyl (C=O) groups is 1. The number of benzene rings is 1. The third kappa shape index (κ3) is 5.14. The van der Waals surface area contributed by atoms with E-state index in [1.165, 1.54) is 0 Å². The summed E-state index contributed by atoms with van der Waals surface area (Å²) in [6.07, 6.45) is 2.58. The quantitative estimate of drug-likeness (QED) is 0.684. The molecule has 1 aromatic carbocycles. The molecular formula is C18H28NO5P. The molecule has 0 aromatic heterocycles. The fourth-order valence-corrected chi connectivity index (χ4v) is 3.82. The smallest absolute Gasteiger partial charge is 0.335 e. The van der Waals surface area contributed by atoms with Crippen molar-refractivity contribution in [1.82, 2.24) is 4.90 Å². The topological polar surface area (TPSA) is 87.1 Å². The van der Waals surface area contributed by atoms with Crippen LogP contribution in [-0.2, 0) is 15.7 Å². The Hall–Kier alpha value is -1.20. The van der Waals surface area contributed by atoms with Crippen LogP contribution in [-0.4, -0.2) is 58.8 Å². The van der Waals surface area contributed by atoms with Gasteiger partial charge in [0.1, 0.15) is 11.4 Å². The van der Waals surface area contributed by atoms with Gasteiger partial charge in [0, 0.05) is 12.6 Å². The van der Waals surface area contributed by atoms with Crippen molar-refractivity contribution in [3.05, 3.63) is 35.4 Å². The molecule has 140 valence electrons. The summed E-state index contributed by atoms with van der Waals surface area (Å²) in [6.45, 7) is 3.03. The molecule has 7 heteroatoms. The number of rotatable bonds is 8. The van der Waals surface area contributed by atoms with Crippen molar-refractivity contribution in [3.63, 3.8) is 0 Å². The summed E-state index contributed by atoms with van der Waals surface area (Å²) < 4.78 is 17.5. The van der Waals surface area contributed by atoms with Gasteiger partial charge >= 0.3 is 5.97 Å². The van der Waals surface area contributed by atoms with E-state index in [4.69, 9.17) is 9.84 Å². The van der Waals surface area contributed by atoms with Crippen molar-refractivity contribution < 1.29 is 24.3 Å². The maximum Gasteiger partial charge on any atom is 0.335 e. The maximum absolute atomic E-state index is 11.6. The van der Waals surface area contributed by atoms with Crippen LogP contribution in [0.1, 0.15) is 42.1 Å². The molecule has 1 heterocycles. The number of morpholine rings is 1. The van der Waals surface area contributed by atoms with Crippen molar-refractivity contribution in [3.8, 4) is 0 Å². The molecule has 2 N–H and O–H groups in total. The van der Waals surface area contributed by atoms with E-state index in [2.05, 4.69) is 4.90 Å². The second-order valence-electron chi connectivity index (χ2n) is 6.83. The van der Waals surface area contributed by atoms with Gasteiger partial charge in [0.2, 0.25) is 0 Å². The highest BCUT2D eigenvalue weighted by Crippen LogP contribution is 2.34. The Morgan fingerprint density at radius 2 is 2.08 bits per heavy atom. The average Bonchev–Trinajstić information content (AvgIpc) is 2.61. The Bertz CT molecular complexity index is 594.